The third-order valence-corrected chi connectivity index (χ3v) is 3.58. The number of hydrogen-bond donors (Lipinski definition) is 1. The van der Waals surface area contributed by atoms with Gasteiger partial charge in [-0.15, -0.1) is 0 Å². The second kappa shape index (κ2) is 6.86. The highest BCUT2D eigenvalue weighted by atomic mass is 16.5. The third kappa shape index (κ3) is 3.45. The predicted molar refractivity (Wildman–Crippen MR) is 73.5 cm³/mol. The monoisotopic (exact) mass is 268 g/mol. The maximum atomic E-state index is 5.56. The summed E-state index contributed by atoms with van der Waals surface area (Å²) in [5.41, 5.74) is 0. The molecule has 1 aromatic rings. The Labute approximate surface area is 114 Å². The van der Waals surface area contributed by atoms with E-state index in [0.29, 0.717) is 24.5 Å². The molecular formula is C13H24N4O2. The molecule has 2 unspecified atom stereocenters. The van der Waals surface area contributed by atoms with Crippen LogP contribution in [0.1, 0.15) is 38.5 Å². The van der Waals surface area contributed by atoms with Crippen molar-refractivity contribution in [3.05, 3.63) is 5.89 Å². The minimum atomic E-state index is 0.159. The molecule has 1 saturated heterocycles. The zero-order chi connectivity index (χ0) is 13.7. The molecule has 1 aliphatic rings. The van der Waals surface area contributed by atoms with Gasteiger partial charge in [-0.05, 0) is 31.5 Å². The molecule has 19 heavy (non-hydrogen) atoms. The van der Waals surface area contributed by atoms with Crippen LogP contribution in [0, 0.1) is 0 Å². The molecule has 0 spiro atoms. The maximum Gasteiger partial charge on any atom is 0.265 e. The molecule has 1 N–H and O–H groups in total. The van der Waals surface area contributed by atoms with Gasteiger partial charge in [-0.2, -0.15) is 4.98 Å². The van der Waals surface area contributed by atoms with Crippen LogP contribution in [0.5, 0.6) is 0 Å². The number of nitrogens with zero attached hydrogens (tertiary/aromatic N) is 3. The largest absolute Gasteiger partial charge is 0.381 e. The summed E-state index contributed by atoms with van der Waals surface area (Å²) in [6.07, 6.45) is 2.11. The first kappa shape index (κ1) is 14.3. The molecule has 2 rings (SSSR count). The number of aromatic nitrogens is 2. The molecular weight excluding hydrogens is 244 g/mol. The molecule has 0 radical (unpaired) electrons. The standard InChI is InChI=1S/C13H24N4O2/c1-4-7-14-11-6-8-18-9-10(11)12-15-13(16-19-12)17(3)5-2/h10-11,14H,4-9H2,1-3H3. The summed E-state index contributed by atoms with van der Waals surface area (Å²) in [6, 6.07) is 0.369. The molecule has 1 aromatic heterocycles. The Bertz CT molecular complexity index is 382. The number of hydrogen-bond acceptors (Lipinski definition) is 6. The Morgan fingerprint density at radius 1 is 1.42 bits per heavy atom. The van der Waals surface area contributed by atoms with Crippen LogP contribution in [-0.4, -0.2) is 49.5 Å². The van der Waals surface area contributed by atoms with Gasteiger partial charge in [0.05, 0.1) is 12.5 Å². The van der Waals surface area contributed by atoms with Crippen molar-refractivity contribution in [3.8, 4) is 0 Å². The Morgan fingerprint density at radius 3 is 3.00 bits per heavy atom. The Balaban J connectivity index is 2.06. The van der Waals surface area contributed by atoms with Crippen molar-refractivity contribution in [1.82, 2.24) is 15.5 Å². The Morgan fingerprint density at radius 2 is 2.26 bits per heavy atom. The highest BCUT2D eigenvalue weighted by Gasteiger charge is 2.31. The number of ether oxygens (including phenoxy) is 1. The average molecular weight is 268 g/mol. The first-order valence-corrected chi connectivity index (χ1v) is 7.12. The molecule has 108 valence electrons. The fourth-order valence-electron chi connectivity index (χ4n) is 2.23. The lowest BCUT2D eigenvalue weighted by atomic mass is 9.95. The quantitative estimate of drug-likeness (QED) is 0.841. The van der Waals surface area contributed by atoms with E-state index >= 15 is 0 Å². The fraction of sp³-hybridized carbons (Fsp3) is 0.846. The first-order chi connectivity index (χ1) is 9.26. The molecule has 0 bridgehead atoms. The predicted octanol–water partition coefficient (Wildman–Crippen LogP) is 1.40. The van der Waals surface area contributed by atoms with Gasteiger partial charge in [0.15, 0.2) is 0 Å². The van der Waals surface area contributed by atoms with Gasteiger partial charge in [0, 0.05) is 26.2 Å². The summed E-state index contributed by atoms with van der Waals surface area (Å²) in [6.45, 7) is 7.55. The van der Waals surface area contributed by atoms with Crippen LogP contribution < -0.4 is 10.2 Å². The number of anilines is 1. The summed E-state index contributed by atoms with van der Waals surface area (Å²) in [4.78, 5) is 6.45. The van der Waals surface area contributed by atoms with Gasteiger partial charge in [-0.1, -0.05) is 6.92 Å². The zero-order valence-corrected chi connectivity index (χ0v) is 12.1. The van der Waals surface area contributed by atoms with E-state index < -0.39 is 0 Å². The minimum absolute atomic E-state index is 0.159. The van der Waals surface area contributed by atoms with Crippen molar-refractivity contribution in [2.75, 3.05) is 38.3 Å². The van der Waals surface area contributed by atoms with Crippen LogP contribution in [0.3, 0.4) is 0 Å². The van der Waals surface area contributed by atoms with E-state index in [9.17, 15) is 0 Å². The van der Waals surface area contributed by atoms with Crippen molar-refractivity contribution < 1.29 is 9.26 Å². The second-order valence-corrected chi connectivity index (χ2v) is 4.98. The van der Waals surface area contributed by atoms with Gasteiger partial charge in [0.25, 0.3) is 5.95 Å². The molecule has 0 aromatic carbocycles. The molecule has 0 saturated carbocycles. The first-order valence-electron chi connectivity index (χ1n) is 7.12. The molecule has 1 aliphatic heterocycles. The summed E-state index contributed by atoms with van der Waals surface area (Å²) >= 11 is 0. The smallest absolute Gasteiger partial charge is 0.265 e. The van der Waals surface area contributed by atoms with E-state index in [1.165, 1.54) is 0 Å². The maximum absolute atomic E-state index is 5.56. The fourth-order valence-corrected chi connectivity index (χ4v) is 2.23. The van der Waals surface area contributed by atoms with Crippen molar-refractivity contribution in [1.29, 1.82) is 0 Å². The molecule has 6 heteroatoms. The van der Waals surface area contributed by atoms with E-state index in [1.54, 1.807) is 0 Å². The lowest BCUT2D eigenvalue weighted by Gasteiger charge is -2.29. The van der Waals surface area contributed by atoms with Gasteiger partial charge >= 0.3 is 0 Å². The highest BCUT2D eigenvalue weighted by molar-refractivity contribution is 5.26. The van der Waals surface area contributed by atoms with Crippen LogP contribution in [0.2, 0.25) is 0 Å². The Kier molecular flexibility index (Phi) is 5.15. The van der Waals surface area contributed by atoms with E-state index in [1.807, 2.05) is 11.9 Å². The number of nitrogens with one attached hydrogen (secondary N) is 1. The van der Waals surface area contributed by atoms with Gasteiger partial charge < -0.3 is 19.5 Å². The van der Waals surface area contributed by atoms with Gasteiger partial charge in [0.1, 0.15) is 0 Å². The van der Waals surface area contributed by atoms with Crippen molar-refractivity contribution >= 4 is 5.95 Å². The molecule has 0 aliphatic carbocycles. The lowest BCUT2D eigenvalue weighted by Crippen LogP contribution is -2.41. The van der Waals surface area contributed by atoms with Crippen LogP contribution in [0.25, 0.3) is 0 Å². The van der Waals surface area contributed by atoms with Crippen molar-refractivity contribution in [2.45, 2.75) is 38.6 Å². The molecule has 2 heterocycles. The van der Waals surface area contributed by atoms with Crippen LogP contribution >= 0.6 is 0 Å². The summed E-state index contributed by atoms with van der Waals surface area (Å²) in [5.74, 6) is 1.49. The molecule has 1 fully saturated rings. The van der Waals surface area contributed by atoms with E-state index in [2.05, 4.69) is 29.3 Å². The summed E-state index contributed by atoms with van der Waals surface area (Å²) in [5, 5.41) is 7.58. The normalized spacial score (nSPS) is 23.5. The van der Waals surface area contributed by atoms with E-state index in [4.69, 9.17) is 9.26 Å². The third-order valence-electron chi connectivity index (χ3n) is 3.58. The molecule has 6 nitrogen and oxygen atoms in total. The molecule has 0 amide bonds. The summed E-state index contributed by atoms with van der Waals surface area (Å²) in [7, 11) is 1.96. The van der Waals surface area contributed by atoms with Gasteiger partial charge in [-0.3, -0.25) is 0 Å². The Hall–Kier alpha value is -1.14. The van der Waals surface area contributed by atoms with Gasteiger partial charge in [-0.25, -0.2) is 0 Å². The second-order valence-electron chi connectivity index (χ2n) is 4.98. The van der Waals surface area contributed by atoms with Crippen molar-refractivity contribution in [3.63, 3.8) is 0 Å². The van der Waals surface area contributed by atoms with E-state index in [-0.39, 0.29) is 5.92 Å². The van der Waals surface area contributed by atoms with Crippen LogP contribution in [0.4, 0.5) is 5.95 Å². The van der Waals surface area contributed by atoms with Crippen molar-refractivity contribution in [2.24, 2.45) is 0 Å². The molecule has 2 atom stereocenters. The van der Waals surface area contributed by atoms with E-state index in [0.717, 1.165) is 32.5 Å². The average Bonchev–Trinajstić information content (AvgIpc) is 2.94. The summed E-state index contributed by atoms with van der Waals surface area (Å²) < 4.78 is 11.0. The zero-order valence-electron chi connectivity index (χ0n) is 12.1. The SMILES string of the molecule is CCCNC1CCOCC1c1nc(N(C)CC)no1. The minimum Gasteiger partial charge on any atom is -0.381 e. The highest BCUT2D eigenvalue weighted by Crippen LogP contribution is 2.26. The number of rotatable bonds is 6. The van der Waals surface area contributed by atoms with Gasteiger partial charge in [0.2, 0.25) is 5.89 Å². The van der Waals surface area contributed by atoms with Crippen LogP contribution in [-0.2, 0) is 4.74 Å². The lowest BCUT2D eigenvalue weighted by molar-refractivity contribution is 0.0498. The van der Waals surface area contributed by atoms with Crippen LogP contribution in [0.15, 0.2) is 4.52 Å². The topological polar surface area (TPSA) is 63.4 Å².